The lowest BCUT2D eigenvalue weighted by molar-refractivity contribution is -0.124. The summed E-state index contributed by atoms with van der Waals surface area (Å²) in [4.78, 5) is 24.7. The highest BCUT2D eigenvalue weighted by Crippen LogP contribution is 2.20. The third-order valence-electron chi connectivity index (χ3n) is 3.82. The third kappa shape index (κ3) is 9.64. The molecule has 6 heteroatoms. The average molecular weight is 373 g/mol. The molecule has 6 nitrogen and oxygen atoms in total. The summed E-state index contributed by atoms with van der Waals surface area (Å²) in [6.07, 6.45) is 0.339. The number of rotatable bonds is 8. The Hall–Kier alpha value is -2.55. The van der Waals surface area contributed by atoms with Gasteiger partial charge in [0.2, 0.25) is 5.91 Å². The van der Waals surface area contributed by atoms with E-state index in [1.54, 1.807) is 0 Å². The zero-order valence-corrected chi connectivity index (χ0v) is 16.9. The molecule has 27 heavy (non-hydrogen) atoms. The zero-order valence-electron chi connectivity index (χ0n) is 16.9. The molecular formula is C21H31N3O3. The van der Waals surface area contributed by atoms with Crippen LogP contribution in [0.3, 0.4) is 0 Å². The summed E-state index contributed by atoms with van der Waals surface area (Å²) in [6.45, 7) is 10.1. The van der Waals surface area contributed by atoms with Crippen molar-refractivity contribution in [1.82, 2.24) is 10.6 Å². The topological polar surface area (TPSA) is 91.2 Å². The summed E-state index contributed by atoms with van der Waals surface area (Å²) < 4.78 is 5.21. The molecule has 0 aromatic heterocycles. The molecule has 0 heterocycles. The van der Waals surface area contributed by atoms with Gasteiger partial charge >= 0.3 is 6.09 Å². The van der Waals surface area contributed by atoms with E-state index in [9.17, 15) is 14.9 Å². The number of hydrogen-bond donors (Lipinski definition) is 2. The molecule has 1 aromatic carbocycles. The van der Waals surface area contributed by atoms with Crippen molar-refractivity contribution >= 4 is 12.0 Å². The van der Waals surface area contributed by atoms with Crippen molar-refractivity contribution in [2.24, 2.45) is 11.3 Å². The normalized spacial score (nSPS) is 13.4. The Morgan fingerprint density at radius 2 is 1.78 bits per heavy atom. The maximum absolute atomic E-state index is 12.6. The molecule has 1 rings (SSSR count). The SMILES string of the molecule is CC(C)C[C@H](NC(=O)OCc1ccccc1)C(=O)NC(C#N)CC(C)(C)C. The van der Waals surface area contributed by atoms with Crippen LogP contribution in [-0.2, 0) is 16.1 Å². The van der Waals surface area contributed by atoms with Crippen LogP contribution < -0.4 is 10.6 Å². The summed E-state index contributed by atoms with van der Waals surface area (Å²) in [5.74, 6) is -0.172. The first-order chi connectivity index (χ1) is 12.6. The lowest BCUT2D eigenvalue weighted by atomic mass is 9.88. The van der Waals surface area contributed by atoms with E-state index in [-0.39, 0.29) is 23.8 Å². The van der Waals surface area contributed by atoms with E-state index in [4.69, 9.17) is 4.74 Å². The largest absolute Gasteiger partial charge is 0.445 e. The molecular weight excluding hydrogens is 342 g/mol. The van der Waals surface area contributed by atoms with Gasteiger partial charge in [0.25, 0.3) is 0 Å². The molecule has 0 aliphatic carbocycles. The van der Waals surface area contributed by atoms with E-state index >= 15 is 0 Å². The summed E-state index contributed by atoms with van der Waals surface area (Å²) in [5.41, 5.74) is 0.774. The fourth-order valence-corrected chi connectivity index (χ4v) is 2.62. The number of ether oxygens (including phenoxy) is 1. The Kier molecular flexibility index (Phi) is 8.80. The van der Waals surface area contributed by atoms with Crippen molar-refractivity contribution < 1.29 is 14.3 Å². The van der Waals surface area contributed by atoms with E-state index in [0.717, 1.165) is 5.56 Å². The highest BCUT2D eigenvalue weighted by molar-refractivity contribution is 5.86. The second-order valence-corrected chi connectivity index (χ2v) is 8.34. The van der Waals surface area contributed by atoms with Gasteiger partial charge in [0.1, 0.15) is 18.7 Å². The number of nitriles is 1. The highest BCUT2D eigenvalue weighted by atomic mass is 16.5. The Morgan fingerprint density at radius 3 is 2.30 bits per heavy atom. The molecule has 1 aromatic rings. The van der Waals surface area contributed by atoms with Crippen LogP contribution in [0, 0.1) is 22.7 Å². The van der Waals surface area contributed by atoms with Crippen LogP contribution in [0.1, 0.15) is 53.0 Å². The van der Waals surface area contributed by atoms with Gasteiger partial charge in [-0.05, 0) is 29.7 Å². The van der Waals surface area contributed by atoms with Crippen molar-refractivity contribution in [3.63, 3.8) is 0 Å². The smallest absolute Gasteiger partial charge is 0.408 e. The molecule has 0 saturated carbocycles. The van der Waals surface area contributed by atoms with Gasteiger partial charge in [-0.2, -0.15) is 5.26 Å². The molecule has 148 valence electrons. The van der Waals surface area contributed by atoms with Gasteiger partial charge in [0.15, 0.2) is 0 Å². The van der Waals surface area contributed by atoms with Crippen LogP contribution >= 0.6 is 0 Å². The number of amides is 2. The first kappa shape index (κ1) is 22.5. The summed E-state index contributed by atoms with van der Waals surface area (Å²) in [7, 11) is 0. The molecule has 2 N–H and O–H groups in total. The lowest BCUT2D eigenvalue weighted by Gasteiger charge is -2.25. The van der Waals surface area contributed by atoms with Gasteiger partial charge in [0.05, 0.1) is 6.07 Å². The van der Waals surface area contributed by atoms with E-state index in [1.165, 1.54) is 0 Å². The minimum absolute atomic E-state index is 0.0940. The van der Waals surface area contributed by atoms with Gasteiger partial charge in [-0.1, -0.05) is 65.0 Å². The lowest BCUT2D eigenvalue weighted by Crippen LogP contribution is -2.50. The van der Waals surface area contributed by atoms with Crippen molar-refractivity contribution in [1.29, 1.82) is 5.26 Å². The first-order valence-corrected chi connectivity index (χ1v) is 9.28. The molecule has 2 atom stereocenters. The molecule has 0 spiro atoms. The summed E-state index contributed by atoms with van der Waals surface area (Å²) >= 11 is 0. The van der Waals surface area contributed by atoms with Crippen LogP contribution in [0.2, 0.25) is 0 Å². The Bertz CT molecular complexity index is 645. The number of nitrogens with one attached hydrogen (secondary N) is 2. The van der Waals surface area contributed by atoms with Crippen LogP contribution in [0.25, 0.3) is 0 Å². The minimum atomic E-state index is -0.746. The second kappa shape index (κ2) is 10.6. The highest BCUT2D eigenvalue weighted by Gasteiger charge is 2.26. The number of nitrogens with zero attached hydrogens (tertiary/aromatic N) is 1. The van der Waals surface area contributed by atoms with Gasteiger partial charge in [-0.15, -0.1) is 0 Å². The van der Waals surface area contributed by atoms with E-state index in [0.29, 0.717) is 12.8 Å². The number of carbonyl (C=O) groups excluding carboxylic acids is 2. The Morgan fingerprint density at radius 1 is 1.15 bits per heavy atom. The van der Waals surface area contributed by atoms with E-state index in [1.807, 2.05) is 65.0 Å². The molecule has 0 aliphatic heterocycles. The fraction of sp³-hybridized carbons (Fsp3) is 0.571. The van der Waals surface area contributed by atoms with Gasteiger partial charge in [0, 0.05) is 0 Å². The van der Waals surface area contributed by atoms with Crippen molar-refractivity contribution in [3.05, 3.63) is 35.9 Å². The fourth-order valence-electron chi connectivity index (χ4n) is 2.62. The van der Waals surface area contributed by atoms with Gasteiger partial charge in [-0.3, -0.25) is 4.79 Å². The van der Waals surface area contributed by atoms with E-state index in [2.05, 4.69) is 16.7 Å². The van der Waals surface area contributed by atoms with E-state index < -0.39 is 18.2 Å². The van der Waals surface area contributed by atoms with Crippen molar-refractivity contribution in [3.8, 4) is 6.07 Å². The quantitative estimate of drug-likeness (QED) is 0.725. The van der Waals surface area contributed by atoms with Gasteiger partial charge < -0.3 is 15.4 Å². The summed E-state index contributed by atoms with van der Waals surface area (Å²) in [5, 5.41) is 14.7. The predicted octanol–water partition coefficient (Wildman–Crippen LogP) is 3.77. The van der Waals surface area contributed by atoms with Crippen LogP contribution in [0.15, 0.2) is 30.3 Å². The second-order valence-electron chi connectivity index (χ2n) is 8.34. The minimum Gasteiger partial charge on any atom is -0.445 e. The monoisotopic (exact) mass is 373 g/mol. The molecule has 0 fully saturated rings. The average Bonchev–Trinajstić information content (AvgIpc) is 2.58. The van der Waals surface area contributed by atoms with Crippen LogP contribution in [0.5, 0.6) is 0 Å². The molecule has 1 unspecified atom stereocenters. The molecule has 0 radical (unpaired) electrons. The van der Waals surface area contributed by atoms with Crippen molar-refractivity contribution in [2.75, 3.05) is 0 Å². The Balaban J connectivity index is 2.66. The summed E-state index contributed by atoms with van der Waals surface area (Å²) in [6, 6.07) is 10.1. The first-order valence-electron chi connectivity index (χ1n) is 9.28. The third-order valence-corrected chi connectivity index (χ3v) is 3.82. The molecule has 0 saturated heterocycles. The number of carbonyl (C=O) groups is 2. The maximum Gasteiger partial charge on any atom is 0.408 e. The number of alkyl carbamates (subject to hydrolysis) is 1. The van der Waals surface area contributed by atoms with Crippen molar-refractivity contribution in [2.45, 2.75) is 66.2 Å². The maximum atomic E-state index is 12.6. The van der Waals surface area contributed by atoms with Gasteiger partial charge in [-0.25, -0.2) is 4.79 Å². The van der Waals surface area contributed by atoms with Crippen LogP contribution in [0.4, 0.5) is 4.79 Å². The Labute approximate surface area is 162 Å². The standard InChI is InChI=1S/C21H31N3O3/c1-15(2)11-18(19(25)23-17(13-22)12-21(3,4)5)24-20(26)27-14-16-9-7-6-8-10-16/h6-10,15,17-18H,11-12,14H2,1-5H3,(H,23,25)(H,24,26)/t17?,18-/m0/s1. The zero-order chi connectivity index (χ0) is 20.4. The molecule has 2 amide bonds. The molecule has 0 aliphatic rings. The predicted molar refractivity (Wildman–Crippen MR) is 105 cm³/mol. The van der Waals surface area contributed by atoms with Crippen LogP contribution in [-0.4, -0.2) is 24.1 Å². The number of benzene rings is 1. The number of hydrogen-bond acceptors (Lipinski definition) is 4. The molecule has 0 bridgehead atoms.